The second kappa shape index (κ2) is 11.4. The molecule has 144 valence electrons. The highest BCUT2D eigenvalue weighted by molar-refractivity contribution is 6.17. The molecule has 0 saturated carbocycles. The summed E-state index contributed by atoms with van der Waals surface area (Å²) in [5.74, 6) is -2.07. The zero-order chi connectivity index (χ0) is 19.5. The highest BCUT2D eigenvalue weighted by atomic mass is 35.5. The van der Waals surface area contributed by atoms with Gasteiger partial charge in [0, 0.05) is 6.42 Å². The third kappa shape index (κ3) is 8.20. The first kappa shape index (κ1) is 21.8. The Morgan fingerprint density at radius 2 is 1.69 bits per heavy atom. The quantitative estimate of drug-likeness (QED) is 0.304. The molecule has 0 heterocycles. The number of halogens is 1. The van der Waals surface area contributed by atoms with Crippen LogP contribution < -0.4 is 5.32 Å². The molecule has 1 amide bonds. The van der Waals surface area contributed by atoms with Gasteiger partial charge < -0.3 is 14.2 Å². The van der Waals surface area contributed by atoms with Gasteiger partial charge >= 0.3 is 18.0 Å². The maximum atomic E-state index is 12.0. The van der Waals surface area contributed by atoms with E-state index in [0.717, 1.165) is 5.56 Å². The van der Waals surface area contributed by atoms with Crippen LogP contribution in [0.1, 0.15) is 32.8 Å². The Morgan fingerprint density at radius 1 is 1.04 bits per heavy atom. The second-order valence-corrected chi connectivity index (χ2v) is 6.21. The van der Waals surface area contributed by atoms with Gasteiger partial charge in [0.25, 0.3) is 0 Å². The van der Waals surface area contributed by atoms with Gasteiger partial charge in [-0.2, -0.15) is 0 Å². The van der Waals surface area contributed by atoms with Gasteiger partial charge in [-0.3, -0.25) is 14.9 Å². The van der Waals surface area contributed by atoms with Gasteiger partial charge in [0.05, 0.1) is 11.8 Å². The molecule has 2 atom stereocenters. The van der Waals surface area contributed by atoms with Crippen molar-refractivity contribution in [2.75, 3.05) is 6.07 Å². The summed E-state index contributed by atoms with van der Waals surface area (Å²) in [4.78, 5) is 35.5. The van der Waals surface area contributed by atoms with E-state index < -0.39 is 30.2 Å². The van der Waals surface area contributed by atoms with Gasteiger partial charge in [-0.05, 0) is 5.56 Å². The number of amides is 1. The van der Waals surface area contributed by atoms with E-state index >= 15 is 0 Å². The standard InChI is InChI=1S/C18H24ClNO6/c1-12(2)16(21)26-15(9-13(3)17(22)25-11-19)20-18(23)24-10-14-7-5-4-6-8-14/h4-8,12-13,15H,9-11H2,1-3H3,(H,20,23). The highest BCUT2D eigenvalue weighted by Crippen LogP contribution is 2.12. The Labute approximate surface area is 157 Å². The molecule has 7 nitrogen and oxygen atoms in total. The predicted octanol–water partition coefficient (Wildman–Crippen LogP) is 3.20. The van der Waals surface area contributed by atoms with E-state index in [9.17, 15) is 14.4 Å². The summed E-state index contributed by atoms with van der Waals surface area (Å²) in [5.41, 5.74) is 0.817. The molecule has 1 rings (SSSR count). The number of hydrogen-bond donors (Lipinski definition) is 1. The Bertz CT molecular complexity index is 593. The van der Waals surface area contributed by atoms with E-state index in [1.807, 2.05) is 30.3 Å². The van der Waals surface area contributed by atoms with Crippen molar-refractivity contribution in [3.63, 3.8) is 0 Å². The maximum absolute atomic E-state index is 12.0. The van der Waals surface area contributed by atoms with Gasteiger partial charge in [0.2, 0.25) is 0 Å². The Balaban J connectivity index is 2.63. The summed E-state index contributed by atoms with van der Waals surface area (Å²) >= 11 is 5.37. The summed E-state index contributed by atoms with van der Waals surface area (Å²) in [7, 11) is 0. The van der Waals surface area contributed by atoms with Crippen molar-refractivity contribution in [3.05, 3.63) is 35.9 Å². The van der Waals surface area contributed by atoms with Crippen molar-refractivity contribution in [1.82, 2.24) is 5.32 Å². The molecule has 0 radical (unpaired) electrons. The fraction of sp³-hybridized carbons (Fsp3) is 0.500. The van der Waals surface area contributed by atoms with E-state index in [2.05, 4.69) is 5.32 Å². The second-order valence-electron chi connectivity index (χ2n) is 6.00. The Kier molecular flexibility index (Phi) is 9.51. The number of nitrogens with one attached hydrogen (secondary N) is 1. The monoisotopic (exact) mass is 385 g/mol. The first-order valence-electron chi connectivity index (χ1n) is 8.23. The number of ether oxygens (including phenoxy) is 3. The molecular formula is C18H24ClNO6. The maximum Gasteiger partial charge on any atom is 0.410 e. The molecule has 0 fully saturated rings. The summed E-state index contributed by atoms with van der Waals surface area (Å²) in [6.45, 7) is 4.99. The average molecular weight is 386 g/mol. The van der Waals surface area contributed by atoms with Crippen LogP contribution in [-0.4, -0.2) is 30.3 Å². The molecule has 26 heavy (non-hydrogen) atoms. The van der Waals surface area contributed by atoms with Crippen LogP contribution in [0.2, 0.25) is 0 Å². The van der Waals surface area contributed by atoms with Gasteiger partial charge in [-0.25, -0.2) is 4.79 Å². The van der Waals surface area contributed by atoms with Gasteiger partial charge in [-0.1, -0.05) is 62.7 Å². The van der Waals surface area contributed by atoms with Crippen molar-refractivity contribution in [1.29, 1.82) is 0 Å². The van der Waals surface area contributed by atoms with E-state index in [4.69, 9.17) is 25.8 Å². The molecule has 0 aliphatic heterocycles. The lowest BCUT2D eigenvalue weighted by atomic mass is 10.1. The van der Waals surface area contributed by atoms with Gasteiger partial charge in [0.15, 0.2) is 12.3 Å². The first-order chi connectivity index (χ1) is 12.3. The Morgan fingerprint density at radius 3 is 2.27 bits per heavy atom. The van der Waals surface area contributed by atoms with Gasteiger partial charge in [-0.15, -0.1) is 0 Å². The number of carbonyl (C=O) groups excluding carboxylic acids is 3. The van der Waals surface area contributed by atoms with Crippen LogP contribution in [-0.2, 0) is 30.4 Å². The SMILES string of the molecule is CC(C)C(=O)OC(CC(C)C(=O)OCCl)NC(=O)OCc1ccccc1. The van der Waals surface area contributed by atoms with Gasteiger partial charge in [0.1, 0.15) is 6.61 Å². The molecule has 0 spiro atoms. The van der Waals surface area contributed by atoms with Crippen molar-refractivity contribution in [2.45, 2.75) is 40.0 Å². The lowest BCUT2D eigenvalue weighted by Gasteiger charge is -2.22. The van der Waals surface area contributed by atoms with Crippen molar-refractivity contribution < 1.29 is 28.6 Å². The minimum absolute atomic E-state index is 0.0363. The van der Waals surface area contributed by atoms with Crippen molar-refractivity contribution >= 4 is 29.6 Å². The van der Waals surface area contributed by atoms with Crippen LogP contribution >= 0.6 is 11.6 Å². The minimum Gasteiger partial charge on any atom is -0.449 e. The Hall–Kier alpha value is -2.28. The third-order valence-electron chi connectivity index (χ3n) is 3.39. The van der Waals surface area contributed by atoms with Crippen LogP contribution in [0.15, 0.2) is 30.3 Å². The number of esters is 2. The fourth-order valence-electron chi connectivity index (χ4n) is 1.92. The normalized spacial score (nSPS) is 12.8. The van der Waals surface area contributed by atoms with Crippen LogP contribution in [0.4, 0.5) is 4.79 Å². The molecule has 2 unspecified atom stereocenters. The minimum atomic E-state index is -1.02. The van der Waals surface area contributed by atoms with E-state index in [-0.39, 0.29) is 25.0 Å². The molecule has 0 saturated heterocycles. The van der Waals surface area contributed by atoms with E-state index in [1.165, 1.54) is 0 Å². The number of hydrogen-bond acceptors (Lipinski definition) is 6. The smallest absolute Gasteiger partial charge is 0.410 e. The molecule has 0 aromatic heterocycles. The summed E-state index contributed by atoms with van der Waals surface area (Å²) < 4.78 is 15.1. The van der Waals surface area contributed by atoms with Crippen LogP contribution in [0.25, 0.3) is 0 Å². The summed E-state index contributed by atoms with van der Waals surface area (Å²) in [6.07, 6.45) is -1.74. The number of alkyl carbamates (subject to hydrolysis) is 1. The number of benzene rings is 1. The lowest BCUT2D eigenvalue weighted by Crippen LogP contribution is -2.41. The number of carbonyl (C=O) groups is 3. The molecule has 8 heteroatoms. The number of rotatable bonds is 9. The number of alkyl halides is 1. The fourth-order valence-corrected chi connectivity index (χ4v) is 2.03. The van der Waals surface area contributed by atoms with E-state index in [0.29, 0.717) is 0 Å². The zero-order valence-corrected chi connectivity index (χ0v) is 15.8. The molecule has 1 aromatic rings. The molecular weight excluding hydrogens is 362 g/mol. The highest BCUT2D eigenvalue weighted by Gasteiger charge is 2.25. The first-order valence-corrected chi connectivity index (χ1v) is 8.77. The third-order valence-corrected chi connectivity index (χ3v) is 3.50. The largest absolute Gasteiger partial charge is 0.449 e. The predicted molar refractivity (Wildman–Crippen MR) is 95.1 cm³/mol. The van der Waals surface area contributed by atoms with Crippen LogP contribution in [0.5, 0.6) is 0 Å². The molecule has 0 aliphatic carbocycles. The molecule has 0 bridgehead atoms. The topological polar surface area (TPSA) is 90.9 Å². The average Bonchev–Trinajstić information content (AvgIpc) is 2.60. The summed E-state index contributed by atoms with van der Waals surface area (Å²) in [5, 5.41) is 2.46. The molecule has 1 N–H and O–H groups in total. The lowest BCUT2D eigenvalue weighted by molar-refractivity contribution is -0.158. The molecule has 1 aromatic carbocycles. The van der Waals surface area contributed by atoms with Crippen molar-refractivity contribution in [2.24, 2.45) is 11.8 Å². The van der Waals surface area contributed by atoms with E-state index in [1.54, 1.807) is 20.8 Å². The van der Waals surface area contributed by atoms with Crippen molar-refractivity contribution in [3.8, 4) is 0 Å². The zero-order valence-electron chi connectivity index (χ0n) is 15.1. The molecule has 0 aliphatic rings. The summed E-state index contributed by atoms with van der Waals surface area (Å²) in [6, 6.07) is 8.86. The van der Waals surface area contributed by atoms with Crippen LogP contribution in [0, 0.1) is 11.8 Å². The van der Waals surface area contributed by atoms with Crippen LogP contribution in [0.3, 0.4) is 0 Å².